The molecule has 0 aliphatic heterocycles. The Balaban J connectivity index is 1.98. The average Bonchev–Trinajstić information content (AvgIpc) is 2.85. The highest BCUT2D eigenvalue weighted by Crippen LogP contribution is 2.26. The van der Waals surface area contributed by atoms with E-state index >= 15 is 0 Å². The summed E-state index contributed by atoms with van der Waals surface area (Å²) in [4.78, 5) is 19.0. The third kappa shape index (κ3) is 3.60. The van der Waals surface area contributed by atoms with Gasteiger partial charge in [0.25, 0.3) is 0 Å². The lowest BCUT2D eigenvalue weighted by molar-refractivity contribution is 0.0696. The highest BCUT2D eigenvalue weighted by atomic mass is 32.2. The van der Waals surface area contributed by atoms with Crippen molar-refractivity contribution in [3.8, 4) is 0 Å². The Bertz CT molecular complexity index is 600. The molecule has 5 nitrogen and oxygen atoms in total. The van der Waals surface area contributed by atoms with Crippen LogP contribution in [0.4, 0.5) is 0 Å². The number of rotatable bonds is 4. The van der Waals surface area contributed by atoms with Crippen molar-refractivity contribution in [2.75, 3.05) is 0 Å². The molecule has 0 unspecified atom stereocenters. The van der Waals surface area contributed by atoms with Gasteiger partial charge in [-0.2, -0.15) is 0 Å². The maximum Gasteiger partial charge on any atom is 0.337 e. The zero-order valence-corrected chi connectivity index (χ0v) is 12.4. The van der Waals surface area contributed by atoms with Gasteiger partial charge in [0.15, 0.2) is 0 Å². The van der Waals surface area contributed by atoms with Crippen molar-refractivity contribution in [3.05, 3.63) is 41.7 Å². The zero-order chi connectivity index (χ0) is 14.8. The van der Waals surface area contributed by atoms with Crippen molar-refractivity contribution in [1.82, 2.24) is 9.97 Å². The summed E-state index contributed by atoms with van der Waals surface area (Å²) in [7, 11) is 0. The second-order valence-electron chi connectivity index (χ2n) is 5.35. The van der Waals surface area contributed by atoms with Crippen molar-refractivity contribution >= 4 is 17.7 Å². The lowest BCUT2D eigenvalue weighted by Crippen LogP contribution is -2.09. The van der Waals surface area contributed by atoms with Gasteiger partial charge in [0.1, 0.15) is 5.76 Å². The summed E-state index contributed by atoms with van der Waals surface area (Å²) < 4.78 is 5.68. The number of nitrogens with zero attached hydrogens (tertiary/aromatic N) is 2. The van der Waals surface area contributed by atoms with Crippen LogP contribution in [0.5, 0.6) is 0 Å². The van der Waals surface area contributed by atoms with Gasteiger partial charge >= 0.3 is 5.97 Å². The molecule has 0 fully saturated rings. The van der Waals surface area contributed by atoms with Crippen LogP contribution in [0.15, 0.2) is 34.0 Å². The van der Waals surface area contributed by atoms with Gasteiger partial charge in [-0.3, -0.25) is 0 Å². The predicted octanol–water partition coefficient (Wildman–Crippen LogP) is 3.36. The van der Waals surface area contributed by atoms with Crippen molar-refractivity contribution in [2.45, 2.75) is 37.0 Å². The lowest BCUT2D eigenvalue weighted by Gasteiger charge is -2.13. The molecule has 0 spiro atoms. The Morgan fingerprint density at radius 1 is 1.30 bits per heavy atom. The fourth-order valence-corrected chi connectivity index (χ4v) is 2.15. The quantitative estimate of drug-likeness (QED) is 0.871. The number of hydrogen-bond donors (Lipinski definition) is 1. The Labute approximate surface area is 121 Å². The first kappa shape index (κ1) is 14.6. The molecule has 0 saturated carbocycles. The van der Waals surface area contributed by atoms with Crippen LogP contribution < -0.4 is 0 Å². The minimum Gasteiger partial charge on any atom is -0.478 e. The molecule has 6 heteroatoms. The molecule has 106 valence electrons. The minimum atomic E-state index is -0.975. The van der Waals surface area contributed by atoms with Crippen molar-refractivity contribution in [3.63, 3.8) is 0 Å². The average molecular weight is 292 g/mol. The summed E-state index contributed by atoms with van der Waals surface area (Å²) in [6, 6.07) is 3.22. The predicted molar refractivity (Wildman–Crippen MR) is 76.0 cm³/mol. The van der Waals surface area contributed by atoms with Crippen LogP contribution in [0.25, 0.3) is 0 Å². The molecule has 0 saturated heterocycles. The number of oxazole rings is 1. The number of carboxylic acid groups (broad SMARTS) is 1. The molecule has 0 aliphatic carbocycles. The van der Waals surface area contributed by atoms with Crippen LogP contribution in [0.3, 0.4) is 0 Å². The van der Waals surface area contributed by atoms with Crippen molar-refractivity contribution in [1.29, 1.82) is 0 Å². The number of thioether (sulfide) groups is 1. The van der Waals surface area contributed by atoms with Crippen LogP contribution in [-0.4, -0.2) is 21.0 Å². The van der Waals surface area contributed by atoms with E-state index in [0.717, 1.165) is 10.8 Å². The van der Waals surface area contributed by atoms with Gasteiger partial charge in [-0.05, 0) is 12.1 Å². The van der Waals surface area contributed by atoms with Crippen molar-refractivity contribution < 1.29 is 14.3 Å². The van der Waals surface area contributed by atoms with E-state index in [4.69, 9.17) is 9.52 Å². The summed E-state index contributed by atoms with van der Waals surface area (Å²) in [5.41, 5.74) is 0.123. The molecule has 0 aliphatic rings. The van der Waals surface area contributed by atoms with Crippen molar-refractivity contribution in [2.24, 2.45) is 0 Å². The van der Waals surface area contributed by atoms with E-state index in [1.807, 2.05) is 0 Å². The third-order valence-electron chi connectivity index (χ3n) is 2.62. The van der Waals surface area contributed by atoms with Gasteiger partial charge < -0.3 is 9.52 Å². The fraction of sp³-hybridized carbons (Fsp3) is 0.357. The van der Waals surface area contributed by atoms with Gasteiger partial charge in [0, 0.05) is 11.6 Å². The molecule has 1 N–H and O–H groups in total. The van der Waals surface area contributed by atoms with E-state index in [1.54, 1.807) is 12.3 Å². The molecule has 0 atom stereocenters. The summed E-state index contributed by atoms with van der Waals surface area (Å²) in [5, 5.41) is 9.53. The monoisotopic (exact) mass is 292 g/mol. The Hall–Kier alpha value is -1.82. The van der Waals surface area contributed by atoms with Gasteiger partial charge in [-0.15, -0.1) is 0 Å². The van der Waals surface area contributed by atoms with Crippen LogP contribution in [0.1, 0.15) is 42.8 Å². The summed E-state index contributed by atoms with van der Waals surface area (Å²) in [6.07, 6.45) is 3.09. The molecule has 2 rings (SSSR count). The van der Waals surface area contributed by atoms with Crippen LogP contribution in [0.2, 0.25) is 0 Å². The fourth-order valence-electron chi connectivity index (χ4n) is 1.45. The maximum atomic E-state index is 10.7. The first-order chi connectivity index (χ1) is 9.36. The van der Waals surface area contributed by atoms with Crippen LogP contribution >= 0.6 is 11.8 Å². The first-order valence-electron chi connectivity index (χ1n) is 6.13. The minimum absolute atomic E-state index is 0.0582. The van der Waals surface area contributed by atoms with E-state index in [9.17, 15) is 4.79 Å². The van der Waals surface area contributed by atoms with Crippen LogP contribution in [0, 0.1) is 0 Å². The molecule has 0 amide bonds. The standard InChI is InChI=1S/C14H16N2O3S/c1-14(2,3)10-7-15-11(19-10)8-20-12-5-4-9(6-16-12)13(17)18/h4-7H,8H2,1-3H3,(H,17,18). The highest BCUT2D eigenvalue weighted by Gasteiger charge is 2.19. The number of pyridine rings is 1. The summed E-state index contributed by atoms with van der Waals surface area (Å²) >= 11 is 1.46. The molecule has 0 aromatic carbocycles. The smallest absolute Gasteiger partial charge is 0.337 e. The van der Waals surface area contributed by atoms with E-state index in [1.165, 1.54) is 24.0 Å². The summed E-state index contributed by atoms with van der Waals surface area (Å²) in [5.74, 6) is 1.08. The number of carbonyl (C=O) groups is 1. The van der Waals surface area contributed by atoms with E-state index in [0.29, 0.717) is 11.6 Å². The first-order valence-corrected chi connectivity index (χ1v) is 7.12. The van der Waals surface area contributed by atoms with Gasteiger partial charge in [0.05, 0.1) is 22.5 Å². The molecular weight excluding hydrogens is 276 g/mol. The highest BCUT2D eigenvalue weighted by molar-refractivity contribution is 7.98. The second-order valence-corrected chi connectivity index (χ2v) is 6.34. The second kappa shape index (κ2) is 5.66. The van der Waals surface area contributed by atoms with Gasteiger partial charge in [-0.25, -0.2) is 14.8 Å². The van der Waals surface area contributed by atoms with Crippen LogP contribution in [-0.2, 0) is 11.2 Å². The molecule has 2 aromatic rings. The molecule has 0 radical (unpaired) electrons. The third-order valence-corrected chi connectivity index (χ3v) is 3.55. The molecule has 2 aromatic heterocycles. The largest absolute Gasteiger partial charge is 0.478 e. The van der Waals surface area contributed by atoms with Gasteiger partial charge in [0.2, 0.25) is 5.89 Å². The molecular formula is C14H16N2O3S. The van der Waals surface area contributed by atoms with Gasteiger partial charge in [-0.1, -0.05) is 32.5 Å². The molecule has 20 heavy (non-hydrogen) atoms. The Kier molecular flexibility index (Phi) is 4.13. The normalized spacial score (nSPS) is 11.6. The molecule has 0 bridgehead atoms. The topological polar surface area (TPSA) is 76.2 Å². The summed E-state index contributed by atoms with van der Waals surface area (Å²) in [6.45, 7) is 6.20. The van der Waals surface area contributed by atoms with E-state index in [-0.39, 0.29) is 11.0 Å². The van der Waals surface area contributed by atoms with E-state index in [2.05, 4.69) is 30.7 Å². The lowest BCUT2D eigenvalue weighted by atomic mass is 9.94. The number of carboxylic acids is 1. The number of aromatic carboxylic acids is 1. The Morgan fingerprint density at radius 3 is 2.55 bits per heavy atom. The molecule has 2 heterocycles. The SMILES string of the molecule is CC(C)(C)c1cnc(CSc2ccc(C(=O)O)cn2)o1. The number of aromatic nitrogens is 2. The number of hydrogen-bond acceptors (Lipinski definition) is 5. The maximum absolute atomic E-state index is 10.7. The van der Waals surface area contributed by atoms with E-state index < -0.39 is 5.97 Å². The Morgan fingerprint density at radius 2 is 2.05 bits per heavy atom. The zero-order valence-electron chi connectivity index (χ0n) is 11.6.